The molecule has 0 aliphatic carbocycles. The number of rotatable bonds is 3. The zero-order chi connectivity index (χ0) is 12.1. The van der Waals surface area contributed by atoms with Crippen LogP contribution in [0.4, 0.5) is 0 Å². The highest BCUT2D eigenvalue weighted by atomic mass is 35.5. The maximum absolute atomic E-state index is 11.5. The fraction of sp³-hybridized carbons (Fsp3) is 0.273. The molecule has 1 aromatic carbocycles. The number of hydrogen-bond donors (Lipinski definition) is 1. The van der Waals surface area contributed by atoms with Gasteiger partial charge in [0.1, 0.15) is 6.07 Å². The summed E-state index contributed by atoms with van der Waals surface area (Å²) in [6.07, 6.45) is 0. The fourth-order valence-corrected chi connectivity index (χ4v) is 1.56. The van der Waals surface area contributed by atoms with Crippen molar-refractivity contribution in [1.29, 1.82) is 5.26 Å². The molecule has 2 N–H and O–H groups in total. The molecule has 0 amide bonds. The molecule has 0 atom stereocenters. The van der Waals surface area contributed by atoms with Crippen molar-refractivity contribution in [3.05, 3.63) is 33.8 Å². The number of halogens is 1. The van der Waals surface area contributed by atoms with E-state index in [0.29, 0.717) is 10.6 Å². The molecule has 84 valence electrons. The van der Waals surface area contributed by atoms with Crippen molar-refractivity contribution in [3.8, 4) is 6.07 Å². The highest BCUT2D eigenvalue weighted by molar-refractivity contribution is 6.31. The van der Waals surface area contributed by atoms with E-state index in [1.165, 1.54) is 12.1 Å². The molecule has 0 aliphatic heterocycles. The number of nitrogens with two attached hydrogens (primary N) is 1. The van der Waals surface area contributed by atoms with E-state index in [-0.39, 0.29) is 24.3 Å². The first-order chi connectivity index (χ1) is 7.65. The van der Waals surface area contributed by atoms with Crippen molar-refractivity contribution in [3.63, 3.8) is 0 Å². The summed E-state index contributed by atoms with van der Waals surface area (Å²) in [7, 11) is 0. The van der Waals surface area contributed by atoms with Gasteiger partial charge in [0.25, 0.3) is 0 Å². The van der Waals surface area contributed by atoms with Gasteiger partial charge in [-0.05, 0) is 19.1 Å². The van der Waals surface area contributed by atoms with E-state index in [1.54, 1.807) is 6.92 Å². The van der Waals surface area contributed by atoms with Crippen molar-refractivity contribution >= 4 is 17.6 Å². The SMILES string of the molecule is CCOC(=O)c1ccc(Cl)c(CN)c1C#N. The Balaban J connectivity index is 3.31. The van der Waals surface area contributed by atoms with E-state index >= 15 is 0 Å². The van der Waals surface area contributed by atoms with Gasteiger partial charge in [-0.2, -0.15) is 5.26 Å². The largest absolute Gasteiger partial charge is 0.462 e. The summed E-state index contributed by atoms with van der Waals surface area (Å²) in [6, 6.07) is 4.94. The minimum absolute atomic E-state index is 0.106. The van der Waals surface area contributed by atoms with E-state index in [9.17, 15) is 4.79 Å². The second kappa shape index (κ2) is 5.50. The summed E-state index contributed by atoms with van der Waals surface area (Å²) in [5.41, 5.74) is 6.34. The van der Waals surface area contributed by atoms with Crippen LogP contribution in [0.5, 0.6) is 0 Å². The van der Waals surface area contributed by atoms with Crippen molar-refractivity contribution in [2.75, 3.05) is 6.61 Å². The highest BCUT2D eigenvalue weighted by Crippen LogP contribution is 2.23. The van der Waals surface area contributed by atoms with Crippen molar-refractivity contribution in [2.24, 2.45) is 5.73 Å². The zero-order valence-electron chi connectivity index (χ0n) is 8.79. The van der Waals surface area contributed by atoms with Crippen LogP contribution < -0.4 is 5.73 Å². The molecule has 0 spiro atoms. The Kier molecular flexibility index (Phi) is 4.29. The number of benzene rings is 1. The molecule has 0 unspecified atom stereocenters. The van der Waals surface area contributed by atoms with Crippen LogP contribution >= 0.6 is 11.6 Å². The van der Waals surface area contributed by atoms with E-state index in [1.807, 2.05) is 6.07 Å². The highest BCUT2D eigenvalue weighted by Gasteiger charge is 2.17. The average molecular weight is 239 g/mol. The van der Waals surface area contributed by atoms with Crippen molar-refractivity contribution in [1.82, 2.24) is 0 Å². The summed E-state index contributed by atoms with van der Waals surface area (Å²) < 4.78 is 4.84. The number of hydrogen-bond acceptors (Lipinski definition) is 4. The molecule has 1 aromatic rings. The fourth-order valence-electron chi connectivity index (χ4n) is 1.33. The third kappa shape index (κ3) is 2.32. The molecule has 5 heteroatoms. The number of nitrogens with zero attached hydrogens (tertiary/aromatic N) is 1. The Labute approximate surface area is 98.6 Å². The number of ether oxygens (including phenoxy) is 1. The van der Waals surface area contributed by atoms with Gasteiger partial charge in [-0.1, -0.05) is 11.6 Å². The third-order valence-electron chi connectivity index (χ3n) is 2.07. The lowest BCUT2D eigenvalue weighted by atomic mass is 10.0. The van der Waals surface area contributed by atoms with Crippen LogP contribution in [0.25, 0.3) is 0 Å². The van der Waals surface area contributed by atoms with E-state index in [2.05, 4.69) is 0 Å². The Morgan fingerprint density at radius 2 is 2.31 bits per heavy atom. The molecular weight excluding hydrogens is 228 g/mol. The van der Waals surface area contributed by atoms with Crippen LogP contribution in [0.1, 0.15) is 28.4 Å². The first-order valence-electron chi connectivity index (χ1n) is 4.74. The summed E-state index contributed by atoms with van der Waals surface area (Å²) in [4.78, 5) is 11.5. The summed E-state index contributed by atoms with van der Waals surface area (Å²) >= 11 is 5.88. The Hall–Kier alpha value is -1.57. The van der Waals surface area contributed by atoms with E-state index in [0.717, 1.165) is 0 Å². The van der Waals surface area contributed by atoms with Gasteiger partial charge in [0.15, 0.2) is 0 Å². The molecule has 0 heterocycles. The molecule has 0 fully saturated rings. The lowest BCUT2D eigenvalue weighted by Gasteiger charge is -2.08. The lowest BCUT2D eigenvalue weighted by molar-refractivity contribution is 0.0526. The van der Waals surface area contributed by atoms with Crippen molar-refractivity contribution < 1.29 is 9.53 Å². The van der Waals surface area contributed by atoms with Gasteiger partial charge in [-0.3, -0.25) is 0 Å². The van der Waals surface area contributed by atoms with Crippen LogP contribution in [0.2, 0.25) is 5.02 Å². The van der Waals surface area contributed by atoms with Crippen LogP contribution in [0, 0.1) is 11.3 Å². The Morgan fingerprint density at radius 1 is 1.62 bits per heavy atom. The molecule has 0 bridgehead atoms. The average Bonchev–Trinajstić information content (AvgIpc) is 2.28. The topological polar surface area (TPSA) is 76.1 Å². The van der Waals surface area contributed by atoms with Gasteiger partial charge in [-0.25, -0.2) is 4.79 Å². The van der Waals surface area contributed by atoms with Crippen LogP contribution in [-0.4, -0.2) is 12.6 Å². The molecule has 1 rings (SSSR count). The monoisotopic (exact) mass is 238 g/mol. The molecule has 0 radical (unpaired) electrons. The first kappa shape index (κ1) is 12.5. The summed E-state index contributed by atoms with van der Waals surface area (Å²) in [5.74, 6) is -0.537. The molecule has 0 aliphatic rings. The first-order valence-corrected chi connectivity index (χ1v) is 5.12. The predicted molar refractivity (Wildman–Crippen MR) is 60.0 cm³/mol. The molecule has 16 heavy (non-hydrogen) atoms. The molecule has 0 aromatic heterocycles. The van der Waals surface area contributed by atoms with Crippen LogP contribution in [0.15, 0.2) is 12.1 Å². The van der Waals surface area contributed by atoms with E-state index in [4.69, 9.17) is 27.3 Å². The standard InChI is InChI=1S/C11H11ClN2O2/c1-2-16-11(15)7-3-4-10(12)9(6-14)8(7)5-13/h3-4H,2,6,14H2,1H3. The quantitative estimate of drug-likeness (QED) is 0.816. The molecular formula is C11H11ClN2O2. The van der Waals surface area contributed by atoms with Gasteiger partial charge in [-0.15, -0.1) is 0 Å². The minimum Gasteiger partial charge on any atom is -0.462 e. The molecule has 4 nitrogen and oxygen atoms in total. The predicted octanol–water partition coefficient (Wildman–Crippen LogP) is 1.85. The van der Waals surface area contributed by atoms with E-state index < -0.39 is 5.97 Å². The Bertz CT molecular complexity index is 452. The normalized spacial score (nSPS) is 9.62. The molecule has 0 saturated heterocycles. The summed E-state index contributed by atoms with van der Waals surface area (Å²) in [6.45, 7) is 2.06. The number of esters is 1. The van der Waals surface area contributed by atoms with Gasteiger partial charge in [0.2, 0.25) is 0 Å². The van der Waals surface area contributed by atoms with Gasteiger partial charge < -0.3 is 10.5 Å². The smallest absolute Gasteiger partial charge is 0.339 e. The maximum Gasteiger partial charge on any atom is 0.339 e. The van der Waals surface area contributed by atoms with Crippen LogP contribution in [-0.2, 0) is 11.3 Å². The third-order valence-corrected chi connectivity index (χ3v) is 2.42. The van der Waals surface area contributed by atoms with Crippen LogP contribution in [0.3, 0.4) is 0 Å². The zero-order valence-corrected chi connectivity index (χ0v) is 9.54. The van der Waals surface area contributed by atoms with Crippen molar-refractivity contribution in [2.45, 2.75) is 13.5 Å². The number of carbonyl (C=O) groups excluding carboxylic acids is 1. The number of nitriles is 1. The minimum atomic E-state index is -0.537. The Morgan fingerprint density at radius 3 is 2.81 bits per heavy atom. The van der Waals surface area contributed by atoms with Gasteiger partial charge in [0.05, 0.1) is 17.7 Å². The maximum atomic E-state index is 11.5. The molecule has 0 saturated carbocycles. The second-order valence-electron chi connectivity index (χ2n) is 2.98. The van der Waals surface area contributed by atoms with Gasteiger partial charge >= 0.3 is 5.97 Å². The number of carbonyl (C=O) groups is 1. The summed E-state index contributed by atoms with van der Waals surface area (Å²) in [5, 5.41) is 9.38. The van der Waals surface area contributed by atoms with Gasteiger partial charge in [0, 0.05) is 17.1 Å². The second-order valence-corrected chi connectivity index (χ2v) is 3.39. The lowest BCUT2D eigenvalue weighted by Crippen LogP contribution is -2.10.